The number of benzene rings is 1. The van der Waals surface area contributed by atoms with Gasteiger partial charge in [-0.3, -0.25) is 10.0 Å². The number of aryl methyl sites for hydroxylation is 1. The van der Waals surface area contributed by atoms with E-state index in [4.69, 9.17) is 0 Å². The van der Waals surface area contributed by atoms with Crippen molar-refractivity contribution in [3.63, 3.8) is 0 Å². The number of carbonyl (C=O) groups excluding carboxylic acids is 1. The van der Waals surface area contributed by atoms with Crippen LogP contribution in [0.25, 0.3) is 0 Å². The maximum atomic E-state index is 12.1. The Balaban J connectivity index is 2.06. The highest BCUT2D eigenvalue weighted by Gasteiger charge is 2.33. The zero-order chi connectivity index (χ0) is 12.7. The lowest BCUT2D eigenvalue weighted by atomic mass is 10.1. The lowest BCUT2D eigenvalue weighted by Crippen LogP contribution is -2.40. The molecule has 2 aromatic rings. The molecule has 0 aliphatic carbocycles. The monoisotopic (exact) mass is 260 g/mol. The Bertz CT molecular complexity index is 609. The fraction of sp³-hybridized carbons (Fsp3) is 0.154. The van der Waals surface area contributed by atoms with Crippen molar-refractivity contribution in [2.45, 2.75) is 13.1 Å². The predicted octanol–water partition coefficient (Wildman–Crippen LogP) is 3.01. The molecule has 1 aliphatic heterocycles. The highest BCUT2D eigenvalue weighted by atomic mass is 32.1. The van der Waals surface area contributed by atoms with E-state index in [9.17, 15) is 10.0 Å². The summed E-state index contributed by atoms with van der Waals surface area (Å²) in [7, 11) is 0. The van der Waals surface area contributed by atoms with Crippen LogP contribution in [-0.4, -0.2) is 16.2 Å². The fourth-order valence-electron chi connectivity index (χ4n) is 2.09. The van der Waals surface area contributed by atoms with E-state index in [1.807, 2.05) is 30.5 Å². The molecule has 92 valence electrons. The third kappa shape index (κ3) is 1.60. The maximum absolute atomic E-state index is 12.1. The average Bonchev–Trinajstić information content (AvgIpc) is 2.80. The second-order valence-corrected chi connectivity index (χ2v) is 5.16. The standard InChI is InChI=1S/C13H12N2O2S/c1-8-6-7-18-11(8)12-14-10-5-3-2-4-9(10)13(16)15(12)17/h2-7,12,14,17H,1H3/t12-/m0/s1. The maximum Gasteiger partial charge on any atom is 0.281 e. The van der Waals surface area contributed by atoms with Gasteiger partial charge in [0.05, 0.1) is 10.4 Å². The van der Waals surface area contributed by atoms with Crippen molar-refractivity contribution < 1.29 is 10.0 Å². The van der Waals surface area contributed by atoms with Crippen LogP contribution in [0.1, 0.15) is 27.0 Å². The summed E-state index contributed by atoms with van der Waals surface area (Å²) in [5.74, 6) is -0.373. The van der Waals surface area contributed by atoms with Crippen molar-refractivity contribution in [2.75, 3.05) is 5.32 Å². The van der Waals surface area contributed by atoms with Gasteiger partial charge in [-0.1, -0.05) is 12.1 Å². The Morgan fingerprint density at radius 2 is 2.11 bits per heavy atom. The second-order valence-electron chi connectivity index (χ2n) is 4.21. The third-order valence-electron chi connectivity index (χ3n) is 3.05. The number of thiophene rings is 1. The third-order valence-corrected chi connectivity index (χ3v) is 4.12. The summed E-state index contributed by atoms with van der Waals surface area (Å²) in [4.78, 5) is 13.0. The van der Waals surface area contributed by atoms with Gasteiger partial charge >= 0.3 is 0 Å². The summed E-state index contributed by atoms with van der Waals surface area (Å²) in [6, 6.07) is 9.16. The van der Waals surface area contributed by atoms with Crippen LogP contribution in [-0.2, 0) is 0 Å². The number of hydrogen-bond donors (Lipinski definition) is 2. The molecule has 0 saturated heterocycles. The summed E-state index contributed by atoms with van der Waals surface area (Å²) in [6.07, 6.45) is -0.507. The number of hydrogen-bond acceptors (Lipinski definition) is 4. The predicted molar refractivity (Wildman–Crippen MR) is 69.8 cm³/mol. The van der Waals surface area contributed by atoms with Crippen LogP contribution in [0.3, 0.4) is 0 Å². The SMILES string of the molecule is Cc1ccsc1[C@H]1Nc2ccccc2C(=O)N1O. The first-order valence-corrected chi connectivity index (χ1v) is 6.48. The molecule has 4 nitrogen and oxygen atoms in total. The van der Waals surface area contributed by atoms with Gasteiger partial charge in [0.15, 0.2) is 6.17 Å². The van der Waals surface area contributed by atoms with E-state index in [2.05, 4.69) is 5.32 Å². The largest absolute Gasteiger partial charge is 0.358 e. The van der Waals surface area contributed by atoms with Gasteiger partial charge in [0.1, 0.15) is 0 Å². The highest BCUT2D eigenvalue weighted by Crippen LogP contribution is 2.35. The van der Waals surface area contributed by atoms with Crippen molar-refractivity contribution >= 4 is 22.9 Å². The van der Waals surface area contributed by atoms with Gasteiger partial charge < -0.3 is 5.32 Å². The number of nitrogens with one attached hydrogen (secondary N) is 1. The van der Waals surface area contributed by atoms with Gasteiger partial charge in [0, 0.05) is 5.69 Å². The molecule has 3 rings (SSSR count). The van der Waals surface area contributed by atoms with Gasteiger partial charge in [-0.05, 0) is 36.1 Å². The zero-order valence-corrected chi connectivity index (χ0v) is 10.6. The van der Waals surface area contributed by atoms with E-state index in [1.54, 1.807) is 12.1 Å². The molecule has 1 amide bonds. The van der Waals surface area contributed by atoms with Crippen molar-refractivity contribution in [3.8, 4) is 0 Å². The van der Waals surface area contributed by atoms with Gasteiger partial charge in [0.25, 0.3) is 5.91 Å². The van der Waals surface area contributed by atoms with E-state index < -0.39 is 6.17 Å². The number of para-hydroxylation sites is 1. The lowest BCUT2D eigenvalue weighted by molar-refractivity contribution is -0.0844. The summed E-state index contributed by atoms with van der Waals surface area (Å²) < 4.78 is 0. The van der Waals surface area contributed by atoms with E-state index in [1.165, 1.54) is 11.3 Å². The van der Waals surface area contributed by atoms with Crippen LogP contribution >= 0.6 is 11.3 Å². The molecule has 5 heteroatoms. The van der Waals surface area contributed by atoms with Gasteiger partial charge in [-0.25, -0.2) is 0 Å². The molecule has 1 atom stereocenters. The van der Waals surface area contributed by atoms with E-state index in [0.717, 1.165) is 21.2 Å². The minimum atomic E-state index is -0.507. The molecule has 18 heavy (non-hydrogen) atoms. The molecule has 0 fully saturated rings. The van der Waals surface area contributed by atoms with Gasteiger partial charge in [0.2, 0.25) is 0 Å². The van der Waals surface area contributed by atoms with Crippen molar-refractivity contribution in [1.29, 1.82) is 0 Å². The Morgan fingerprint density at radius 1 is 1.33 bits per heavy atom. The molecule has 0 bridgehead atoms. The average molecular weight is 260 g/mol. The number of hydroxylamine groups is 2. The molecular weight excluding hydrogens is 248 g/mol. The van der Waals surface area contributed by atoms with E-state index >= 15 is 0 Å². The Kier molecular flexibility index (Phi) is 2.57. The van der Waals surface area contributed by atoms with E-state index in [-0.39, 0.29) is 5.91 Å². The molecule has 2 N–H and O–H groups in total. The minimum Gasteiger partial charge on any atom is -0.358 e. The lowest BCUT2D eigenvalue weighted by Gasteiger charge is -2.33. The van der Waals surface area contributed by atoms with E-state index in [0.29, 0.717) is 5.56 Å². The number of fused-ring (bicyclic) bond motifs is 1. The zero-order valence-electron chi connectivity index (χ0n) is 9.75. The Labute approximate surface area is 108 Å². The summed E-state index contributed by atoms with van der Waals surface area (Å²) in [6.45, 7) is 1.96. The van der Waals surface area contributed by atoms with Crippen LogP contribution in [0.15, 0.2) is 35.7 Å². The molecule has 0 unspecified atom stereocenters. The topological polar surface area (TPSA) is 52.6 Å². The molecule has 0 radical (unpaired) electrons. The van der Waals surface area contributed by atoms with Crippen LogP contribution in [0.5, 0.6) is 0 Å². The van der Waals surface area contributed by atoms with Crippen LogP contribution in [0.2, 0.25) is 0 Å². The fourth-order valence-corrected chi connectivity index (χ4v) is 3.05. The number of anilines is 1. The first kappa shape index (κ1) is 11.3. The van der Waals surface area contributed by atoms with Crippen LogP contribution < -0.4 is 5.32 Å². The molecule has 0 spiro atoms. The summed E-state index contributed by atoms with van der Waals surface area (Å²) in [5.41, 5.74) is 2.31. The normalized spacial score (nSPS) is 18.4. The first-order chi connectivity index (χ1) is 8.68. The van der Waals surface area contributed by atoms with Crippen molar-refractivity contribution in [2.24, 2.45) is 0 Å². The number of carbonyl (C=O) groups is 1. The van der Waals surface area contributed by atoms with Gasteiger partial charge in [-0.2, -0.15) is 5.06 Å². The molecule has 0 saturated carbocycles. The first-order valence-electron chi connectivity index (χ1n) is 5.60. The minimum absolute atomic E-state index is 0.373. The molecule has 1 aromatic carbocycles. The van der Waals surface area contributed by atoms with Crippen LogP contribution in [0, 0.1) is 6.92 Å². The smallest absolute Gasteiger partial charge is 0.281 e. The molecular formula is C13H12N2O2S. The Hall–Kier alpha value is -1.85. The molecule has 1 aromatic heterocycles. The van der Waals surface area contributed by atoms with Gasteiger partial charge in [-0.15, -0.1) is 11.3 Å². The molecule has 2 heterocycles. The number of rotatable bonds is 1. The second kappa shape index (κ2) is 4.12. The Morgan fingerprint density at radius 3 is 2.83 bits per heavy atom. The van der Waals surface area contributed by atoms with Crippen molar-refractivity contribution in [1.82, 2.24) is 5.06 Å². The molecule has 1 aliphatic rings. The van der Waals surface area contributed by atoms with Crippen LogP contribution in [0.4, 0.5) is 5.69 Å². The highest BCUT2D eigenvalue weighted by molar-refractivity contribution is 7.10. The number of nitrogens with zero attached hydrogens (tertiary/aromatic N) is 1. The quantitative estimate of drug-likeness (QED) is 0.775. The van der Waals surface area contributed by atoms with Crippen molar-refractivity contribution in [3.05, 3.63) is 51.7 Å². The summed E-state index contributed by atoms with van der Waals surface area (Å²) >= 11 is 1.52. The summed E-state index contributed by atoms with van der Waals surface area (Å²) in [5, 5.41) is 15.9. The number of amides is 1.